The van der Waals surface area contributed by atoms with E-state index in [1.54, 1.807) is 26.4 Å². The highest BCUT2D eigenvalue weighted by Crippen LogP contribution is 2.44. The molecule has 4 aromatic carbocycles. The number of rotatable bonds is 4. The maximum Gasteiger partial charge on any atom is 0.131 e. The molecule has 1 aliphatic carbocycles. The van der Waals surface area contributed by atoms with E-state index < -0.39 is 0 Å². The fraction of sp³-hybridized carbons (Fsp3) is 0.259. The molecular formula is C27H25FO2. The van der Waals surface area contributed by atoms with Crippen molar-refractivity contribution >= 4 is 21.5 Å². The smallest absolute Gasteiger partial charge is 0.131 e. The lowest BCUT2D eigenvalue weighted by molar-refractivity contribution is 0.405. The molecule has 1 aliphatic rings. The van der Waals surface area contributed by atoms with Gasteiger partial charge in [-0.15, -0.1) is 0 Å². The molecule has 0 aliphatic heterocycles. The van der Waals surface area contributed by atoms with Gasteiger partial charge in [-0.3, -0.25) is 0 Å². The first-order valence-corrected chi connectivity index (χ1v) is 10.5. The van der Waals surface area contributed by atoms with Gasteiger partial charge in [-0.1, -0.05) is 36.4 Å². The maximum absolute atomic E-state index is 13.3. The molecular weight excluding hydrogens is 375 g/mol. The van der Waals surface area contributed by atoms with Crippen LogP contribution in [0.3, 0.4) is 0 Å². The summed E-state index contributed by atoms with van der Waals surface area (Å²) in [5.74, 6) is 1.96. The Bertz CT molecular complexity index is 1230. The van der Waals surface area contributed by atoms with Crippen LogP contribution in [0, 0.1) is 5.82 Å². The maximum atomic E-state index is 13.3. The number of hydrogen-bond acceptors (Lipinski definition) is 2. The third-order valence-corrected chi connectivity index (χ3v) is 6.49. The predicted octanol–water partition coefficient (Wildman–Crippen LogP) is 6.81. The van der Waals surface area contributed by atoms with Crippen molar-refractivity contribution in [2.75, 3.05) is 14.2 Å². The zero-order valence-electron chi connectivity index (χ0n) is 17.4. The van der Waals surface area contributed by atoms with Crippen LogP contribution in [-0.2, 0) is 12.8 Å². The molecule has 0 heterocycles. The van der Waals surface area contributed by atoms with Crippen LogP contribution >= 0.6 is 0 Å². The lowest BCUT2D eigenvalue weighted by Gasteiger charge is -2.27. The third kappa shape index (κ3) is 3.09. The molecule has 0 fully saturated rings. The molecule has 1 unspecified atom stereocenters. The molecule has 4 aromatic rings. The fourth-order valence-corrected chi connectivity index (χ4v) is 5.08. The summed E-state index contributed by atoms with van der Waals surface area (Å²) in [6.07, 6.45) is 4.34. The summed E-state index contributed by atoms with van der Waals surface area (Å²) < 4.78 is 24.7. The first-order valence-electron chi connectivity index (χ1n) is 10.5. The van der Waals surface area contributed by atoms with Crippen LogP contribution in [0.4, 0.5) is 4.39 Å². The topological polar surface area (TPSA) is 18.5 Å². The Morgan fingerprint density at radius 3 is 2.43 bits per heavy atom. The molecule has 0 saturated carbocycles. The molecule has 0 spiro atoms. The Morgan fingerprint density at radius 1 is 0.867 bits per heavy atom. The highest BCUT2D eigenvalue weighted by molar-refractivity contribution is 6.13. The second-order valence-electron chi connectivity index (χ2n) is 8.11. The van der Waals surface area contributed by atoms with E-state index in [9.17, 15) is 4.39 Å². The Kier molecular flexibility index (Phi) is 4.82. The van der Waals surface area contributed by atoms with E-state index in [1.807, 2.05) is 24.3 Å². The lowest BCUT2D eigenvalue weighted by Crippen LogP contribution is -2.13. The molecule has 5 rings (SSSR count). The first kappa shape index (κ1) is 18.9. The van der Waals surface area contributed by atoms with Crippen LogP contribution < -0.4 is 9.47 Å². The quantitative estimate of drug-likeness (QED) is 0.350. The average molecular weight is 400 g/mol. The van der Waals surface area contributed by atoms with Gasteiger partial charge in [-0.05, 0) is 88.7 Å². The van der Waals surface area contributed by atoms with E-state index in [4.69, 9.17) is 9.47 Å². The van der Waals surface area contributed by atoms with Gasteiger partial charge in [0, 0.05) is 0 Å². The molecule has 0 N–H and O–H groups in total. The van der Waals surface area contributed by atoms with Crippen LogP contribution in [0.1, 0.15) is 35.4 Å². The summed E-state index contributed by atoms with van der Waals surface area (Å²) in [5.41, 5.74) is 4.03. The Morgan fingerprint density at radius 2 is 1.67 bits per heavy atom. The van der Waals surface area contributed by atoms with E-state index in [1.165, 1.54) is 27.5 Å². The van der Waals surface area contributed by atoms with Crippen LogP contribution in [0.5, 0.6) is 11.5 Å². The fourth-order valence-electron chi connectivity index (χ4n) is 5.08. The van der Waals surface area contributed by atoms with Gasteiger partial charge in [0.1, 0.15) is 17.3 Å². The van der Waals surface area contributed by atoms with Crippen molar-refractivity contribution in [1.29, 1.82) is 0 Å². The minimum absolute atomic E-state index is 0.178. The van der Waals surface area contributed by atoms with Gasteiger partial charge >= 0.3 is 0 Å². The van der Waals surface area contributed by atoms with Crippen molar-refractivity contribution in [2.24, 2.45) is 0 Å². The van der Waals surface area contributed by atoms with Gasteiger partial charge in [0.05, 0.1) is 19.6 Å². The number of hydrogen-bond donors (Lipinski definition) is 0. The van der Waals surface area contributed by atoms with Crippen LogP contribution in [-0.4, -0.2) is 14.2 Å². The molecule has 0 aromatic heterocycles. The molecule has 0 saturated heterocycles. The molecule has 30 heavy (non-hydrogen) atoms. The third-order valence-electron chi connectivity index (χ3n) is 6.49. The van der Waals surface area contributed by atoms with E-state index in [2.05, 4.69) is 24.3 Å². The van der Waals surface area contributed by atoms with Gasteiger partial charge < -0.3 is 9.47 Å². The van der Waals surface area contributed by atoms with E-state index in [0.29, 0.717) is 5.92 Å². The van der Waals surface area contributed by atoms with Gasteiger partial charge in [0.15, 0.2) is 0 Å². The van der Waals surface area contributed by atoms with Crippen LogP contribution in [0.2, 0.25) is 0 Å². The molecule has 152 valence electrons. The summed E-state index contributed by atoms with van der Waals surface area (Å²) in [7, 11) is 3.42. The first-order chi connectivity index (χ1) is 14.7. The predicted molar refractivity (Wildman–Crippen MR) is 120 cm³/mol. The highest BCUT2D eigenvalue weighted by atomic mass is 19.1. The number of ether oxygens (including phenoxy) is 2. The number of fused-ring (bicyclic) bond motifs is 5. The van der Waals surface area contributed by atoms with E-state index >= 15 is 0 Å². The SMILES string of the molecule is COc1cccc2c1c(OC)cc1c3c(ccc12)C(Cc1ccc(F)cc1)CCC3. The second-order valence-corrected chi connectivity index (χ2v) is 8.11. The highest BCUT2D eigenvalue weighted by Gasteiger charge is 2.24. The van der Waals surface area contributed by atoms with Crippen molar-refractivity contribution in [3.63, 3.8) is 0 Å². The van der Waals surface area contributed by atoms with Gasteiger partial charge in [-0.25, -0.2) is 4.39 Å². The molecule has 0 amide bonds. The number of halogens is 1. The van der Waals surface area contributed by atoms with Gasteiger partial charge in [-0.2, -0.15) is 0 Å². The summed E-state index contributed by atoms with van der Waals surface area (Å²) in [6.45, 7) is 0. The van der Waals surface area contributed by atoms with E-state index in [0.717, 1.165) is 48.0 Å². The van der Waals surface area contributed by atoms with Crippen molar-refractivity contribution in [3.8, 4) is 11.5 Å². The van der Waals surface area contributed by atoms with Crippen molar-refractivity contribution in [3.05, 3.63) is 83.2 Å². The normalized spacial score (nSPS) is 15.9. The molecule has 3 heteroatoms. The van der Waals surface area contributed by atoms with Crippen LogP contribution in [0.15, 0.2) is 60.7 Å². The Labute approximate surface area is 176 Å². The Balaban J connectivity index is 1.67. The van der Waals surface area contributed by atoms with E-state index in [-0.39, 0.29) is 5.82 Å². The van der Waals surface area contributed by atoms with Crippen molar-refractivity contribution in [2.45, 2.75) is 31.6 Å². The monoisotopic (exact) mass is 400 g/mol. The standard InChI is InChI=1S/C27H25FO2/c1-29-25-8-4-7-23-22-14-13-20-18(15-17-9-11-19(28)12-10-17)5-3-6-21(20)24(22)16-26(30-2)27(23)25/h4,7-14,16,18H,3,5-6,15H2,1-2H3. The number of aryl methyl sites for hydroxylation is 1. The van der Waals surface area contributed by atoms with Crippen molar-refractivity contribution < 1.29 is 13.9 Å². The summed E-state index contributed by atoms with van der Waals surface area (Å²) in [6, 6.07) is 19.8. The minimum Gasteiger partial charge on any atom is -0.496 e. The number of benzene rings is 4. The second kappa shape index (κ2) is 7.64. The summed E-state index contributed by atoms with van der Waals surface area (Å²) in [4.78, 5) is 0. The van der Waals surface area contributed by atoms with Crippen LogP contribution in [0.25, 0.3) is 21.5 Å². The van der Waals surface area contributed by atoms with Gasteiger partial charge in [0.25, 0.3) is 0 Å². The molecule has 0 radical (unpaired) electrons. The minimum atomic E-state index is -0.178. The van der Waals surface area contributed by atoms with Crippen molar-refractivity contribution in [1.82, 2.24) is 0 Å². The van der Waals surface area contributed by atoms with Gasteiger partial charge in [0.2, 0.25) is 0 Å². The zero-order valence-corrected chi connectivity index (χ0v) is 17.4. The largest absolute Gasteiger partial charge is 0.496 e. The Hall–Kier alpha value is -3.07. The average Bonchev–Trinajstić information content (AvgIpc) is 2.79. The summed E-state index contributed by atoms with van der Waals surface area (Å²) >= 11 is 0. The molecule has 1 atom stereocenters. The lowest BCUT2D eigenvalue weighted by atomic mass is 9.77. The molecule has 2 nitrogen and oxygen atoms in total. The summed E-state index contributed by atoms with van der Waals surface area (Å²) in [5, 5.41) is 4.69. The molecule has 0 bridgehead atoms. The number of methoxy groups -OCH3 is 2. The zero-order chi connectivity index (χ0) is 20.7.